The van der Waals surface area contributed by atoms with Crippen LogP contribution in [0.15, 0.2) is 30.6 Å². The molecule has 1 heterocycles. The number of aliphatic hydroxyl groups excluding tert-OH is 1. The average molecular weight is 339 g/mol. The van der Waals surface area contributed by atoms with Crippen molar-refractivity contribution >= 4 is 17.6 Å². The Kier molecular flexibility index (Phi) is 5.42. The number of aromatic nitrogens is 2. The molecule has 8 nitrogen and oxygen atoms in total. The van der Waals surface area contributed by atoms with Gasteiger partial charge in [-0.2, -0.15) is 5.10 Å². The van der Waals surface area contributed by atoms with E-state index in [1.165, 1.54) is 17.1 Å². The van der Waals surface area contributed by atoms with Crippen LogP contribution in [-0.4, -0.2) is 33.4 Å². The van der Waals surface area contributed by atoms with Crippen LogP contribution < -0.4 is 16.4 Å². The van der Waals surface area contributed by atoms with Gasteiger partial charge in [0.2, 0.25) is 5.91 Å². The minimum Gasteiger partial charge on any atom is -0.386 e. The average Bonchev–Trinajstić information content (AvgIpc) is 2.91. The molecule has 1 aromatic carbocycles. The van der Waals surface area contributed by atoms with Gasteiger partial charge >= 0.3 is 6.03 Å². The third kappa shape index (κ3) is 4.74. The molecule has 0 bridgehead atoms. The number of nitrogens with two attached hydrogens (primary N) is 1. The predicted molar refractivity (Wildman–Crippen MR) is 79.8 cm³/mol. The van der Waals surface area contributed by atoms with Gasteiger partial charge in [-0.1, -0.05) is 6.07 Å². The van der Waals surface area contributed by atoms with E-state index < -0.39 is 29.7 Å². The molecule has 0 aliphatic carbocycles. The van der Waals surface area contributed by atoms with E-state index in [-0.39, 0.29) is 18.7 Å². The zero-order valence-electron chi connectivity index (χ0n) is 12.4. The summed E-state index contributed by atoms with van der Waals surface area (Å²) in [5, 5.41) is 18.4. The van der Waals surface area contributed by atoms with Crippen LogP contribution in [0.2, 0.25) is 0 Å². The Bertz CT molecular complexity index is 750. The number of nitrogens with zero attached hydrogens (tertiary/aromatic N) is 2. The van der Waals surface area contributed by atoms with Crippen LogP contribution in [0.3, 0.4) is 0 Å². The number of hydrogen-bond acceptors (Lipinski definition) is 4. The quantitative estimate of drug-likeness (QED) is 0.612. The van der Waals surface area contributed by atoms with Crippen molar-refractivity contribution in [3.63, 3.8) is 0 Å². The molecule has 1 atom stereocenters. The summed E-state index contributed by atoms with van der Waals surface area (Å²) in [6.07, 6.45) is 1.35. The number of aliphatic hydroxyl groups is 1. The molecule has 0 unspecified atom stereocenters. The largest absolute Gasteiger partial charge is 0.386 e. The van der Waals surface area contributed by atoms with E-state index >= 15 is 0 Å². The zero-order chi connectivity index (χ0) is 17.7. The fraction of sp³-hybridized carbons (Fsp3) is 0.214. The summed E-state index contributed by atoms with van der Waals surface area (Å²) in [5.74, 6) is -2.25. The molecular weight excluding hydrogens is 324 g/mol. The summed E-state index contributed by atoms with van der Waals surface area (Å²) in [6.45, 7) is -0.421. The third-order valence-electron chi connectivity index (χ3n) is 2.99. The lowest BCUT2D eigenvalue weighted by atomic mass is 10.1. The van der Waals surface area contributed by atoms with Gasteiger partial charge in [0.15, 0.2) is 0 Å². The van der Waals surface area contributed by atoms with E-state index in [2.05, 4.69) is 15.7 Å². The molecule has 3 amide bonds. The number of hydrogen-bond donors (Lipinski definition) is 4. The number of primary amides is 1. The molecule has 128 valence electrons. The van der Waals surface area contributed by atoms with Crippen molar-refractivity contribution in [2.24, 2.45) is 5.73 Å². The summed E-state index contributed by atoms with van der Waals surface area (Å²) < 4.78 is 27.5. The van der Waals surface area contributed by atoms with Crippen LogP contribution in [0.1, 0.15) is 11.7 Å². The smallest absolute Gasteiger partial charge is 0.319 e. The van der Waals surface area contributed by atoms with Crippen molar-refractivity contribution in [2.45, 2.75) is 12.6 Å². The van der Waals surface area contributed by atoms with Crippen molar-refractivity contribution in [3.8, 4) is 0 Å². The molecule has 0 saturated carbocycles. The highest BCUT2D eigenvalue weighted by Gasteiger charge is 2.15. The first-order valence-corrected chi connectivity index (χ1v) is 6.84. The fourth-order valence-corrected chi connectivity index (χ4v) is 1.92. The third-order valence-corrected chi connectivity index (χ3v) is 2.99. The molecule has 0 aliphatic rings. The number of nitrogens with one attached hydrogen (secondary N) is 2. The van der Waals surface area contributed by atoms with E-state index in [1.807, 2.05) is 0 Å². The number of benzene rings is 1. The van der Waals surface area contributed by atoms with E-state index in [4.69, 9.17) is 5.73 Å². The zero-order valence-corrected chi connectivity index (χ0v) is 12.4. The Morgan fingerprint density at radius 2 is 2.12 bits per heavy atom. The van der Waals surface area contributed by atoms with E-state index in [0.717, 1.165) is 12.1 Å². The maximum Gasteiger partial charge on any atom is 0.319 e. The van der Waals surface area contributed by atoms with E-state index in [1.54, 1.807) is 0 Å². The van der Waals surface area contributed by atoms with Gasteiger partial charge in [0.25, 0.3) is 0 Å². The second kappa shape index (κ2) is 7.51. The Hall–Kier alpha value is -3.01. The van der Waals surface area contributed by atoms with Crippen LogP contribution in [0.5, 0.6) is 0 Å². The molecular formula is C14H15F2N5O3. The Labute approximate surface area is 135 Å². The number of rotatable bonds is 6. The lowest BCUT2D eigenvalue weighted by molar-refractivity contribution is -0.118. The molecule has 0 saturated heterocycles. The van der Waals surface area contributed by atoms with Crippen LogP contribution in [0.25, 0.3) is 0 Å². The maximum absolute atomic E-state index is 13.5. The summed E-state index contributed by atoms with van der Waals surface area (Å²) in [6, 6.07) is 2.08. The monoisotopic (exact) mass is 339 g/mol. The van der Waals surface area contributed by atoms with Crippen LogP contribution in [0, 0.1) is 11.6 Å². The summed E-state index contributed by atoms with van der Waals surface area (Å²) >= 11 is 0. The van der Waals surface area contributed by atoms with Gasteiger partial charge in [-0.05, 0) is 6.07 Å². The number of carbonyl (C=O) groups excluding carboxylic acids is 2. The molecule has 0 spiro atoms. The Morgan fingerprint density at radius 3 is 2.79 bits per heavy atom. The molecule has 5 N–H and O–H groups in total. The maximum atomic E-state index is 13.5. The number of anilines is 1. The standard InChI is InChI=1S/C14H15F2N5O3/c15-8-1-2-10(11(16)3-8)12(22)5-18-14(24)20-9-4-19-21(6-9)7-13(17)23/h1-4,6,12,22H,5,7H2,(H2,17,23)(H2,18,20,24)/t12-/m1/s1. The molecule has 0 fully saturated rings. The lowest BCUT2D eigenvalue weighted by Crippen LogP contribution is -2.32. The van der Waals surface area contributed by atoms with Crippen molar-refractivity contribution in [2.75, 3.05) is 11.9 Å². The second-order valence-corrected chi connectivity index (χ2v) is 4.91. The molecule has 0 radical (unpaired) electrons. The highest BCUT2D eigenvalue weighted by molar-refractivity contribution is 5.88. The van der Waals surface area contributed by atoms with Gasteiger partial charge in [-0.3, -0.25) is 9.48 Å². The topological polar surface area (TPSA) is 122 Å². The van der Waals surface area contributed by atoms with Gasteiger partial charge < -0.3 is 21.5 Å². The normalized spacial score (nSPS) is 11.8. The summed E-state index contributed by atoms with van der Waals surface area (Å²) in [4.78, 5) is 22.4. The molecule has 1 aromatic heterocycles. The van der Waals surface area contributed by atoms with Gasteiger partial charge in [-0.15, -0.1) is 0 Å². The second-order valence-electron chi connectivity index (χ2n) is 4.91. The highest BCUT2D eigenvalue weighted by Crippen LogP contribution is 2.17. The minimum atomic E-state index is -1.34. The van der Waals surface area contributed by atoms with Crippen LogP contribution in [0.4, 0.5) is 19.3 Å². The van der Waals surface area contributed by atoms with Crippen molar-refractivity contribution in [1.29, 1.82) is 0 Å². The van der Waals surface area contributed by atoms with E-state index in [0.29, 0.717) is 11.8 Å². The number of carbonyl (C=O) groups is 2. The van der Waals surface area contributed by atoms with Gasteiger partial charge in [-0.25, -0.2) is 13.6 Å². The SMILES string of the molecule is NC(=O)Cn1cc(NC(=O)NC[C@@H](O)c2ccc(F)cc2F)cn1. The van der Waals surface area contributed by atoms with Gasteiger partial charge in [0, 0.05) is 24.4 Å². The number of amides is 3. The number of urea groups is 1. The first-order chi connectivity index (χ1) is 11.3. The van der Waals surface area contributed by atoms with E-state index in [9.17, 15) is 23.5 Å². The lowest BCUT2D eigenvalue weighted by Gasteiger charge is -2.13. The first kappa shape index (κ1) is 17.3. The van der Waals surface area contributed by atoms with Crippen LogP contribution in [-0.2, 0) is 11.3 Å². The summed E-state index contributed by atoms with van der Waals surface area (Å²) in [7, 11) is 0. The molecule has 2 rings (SSSR count). The first-order valence-electron chi connectivity index (χ1n) is 6.84. The minimum absolute atomic E-state index is 0.133. The Balaban J connectivity index is 1.86. The molecule has 0 aliphatic heterocycles. The highest BCUT2D eigenvalue weighted by atomic mass is 19.1. The summed E-state index contributed by atoms with van der Waals surface area (Å²) in [5.41, 5.74) is 5.18. The van der Waals surface area contributed by atoms with Gasteiger partial charge in [0.1, 0.15) is 18.2 Å². The van der Waals surface area contributed by atoms with Crippen molar-refractivity contribution < 1.29 is 23.5 Å². The predicted octanol–water partition coefficient (Wildman–Crippen LogP) is 0.502. The molecule has 10 heteroatoms. The molecule has 2 aromatic rings. The van der Waals surface area contributed by atoms with Gasteiger partial charge in [0.05, 0.1) is 18.0 Å². The number of halogens is 2. The molecule has 24 heavy (non-hydrogen) atoms. The fourth-order valence-electron chi connectivity index (χ4n) is 1.92. The Morgan fingerprint density at radius 1 is 1.38 bits per heavy atom. The van der Waals surface area contributed by atoms with Crippen molar-refractivity contribution in [3.05, 3.63) is 47.8 Å². The van der Waals surface area contributed by atoms with Crippen LogP contribution >= 0.6 is 0 Å². The van der Waals surface area contributed by atoms with Crippen molar-refractivity contribution in [1.82, 2.24) is 15.1 Å².